The Labute approximate surface area is 110 Å². The third kappa shape index (κ3) is 5.49. The summed E-state index contributed by atoms with van der Waals surface area (Å²) in [4.78, 5) is 25.4. The molecule has 0 heterocycles. The van der Waals surface area contributed by atoms with Gasteiger partial charge in [0.25, 0.3) is 0 Å². The molecule has 3 N–H and O–H groups in total. The van der Waals surface area contributed by atoms with Crippen molar-refractivity contribution in [3.05, 3.63) is 0 Å². The number of rotatable bonds is 8. The van der Waals surface area contributed by atoms with E-state index in [1.54, 1.807) is 11.8 Å². The first-order valence-electron chi connectivity index (χ1n) is 6.78. The fourth-order valence-electron chi connectivity index (χ4n) is 1.83. The summed E-state index contributed by atoms with van der Waals surface area (Å²) in [5, 5.41) is 2.74. The normalized spacial score (nSPS) is 13.8. The Morgan fingerprint density at radius 3 is 2.17 bits per heavy atom. The summed E-state index contributed by atoms with van der Waals surface area (Å²) in [6.45, 7) is 9.42. The highest BCUT2D eigenvalue weighted by Crippen LogP contribution is 2.06. The molecular formula is C13H27N3O2. The number of hydrogen-bond acceptors (Lipinski definition) is 3. The monoisotopic (exact) mass is 257 g/mol. The molecule has 5 heteroatoms. The second kappa shape index (κ2) is 8.91. The molecule has 5 nitrogen and oxygen atoms in total. The standard InChI is InChI=1S/C13H27N3O2/c1-5-11(9-14)8-12(17)15-10(4)13(18)16(6-2)7-3/h10-11H,5-9,14H2,1-4H3,(H,15,17). The maximum atomic E-state index is 12.0. The lowest BCUT2D eigenvalue weighted by Crippen LogP contribution is -2.47. The molecule has 2 unspecified atom stereocenters. The van der Waals surface area contributed by atoms with Crippen LogP contribution in [0.25, 0.3) is 0 Å². The van der Waals surface area contributed by atoms with Crippen molar-refractivity contribution in [2.75, 3.05) is 19.6 Å². The SMILES string of the molecule is CCC(CN)CC(=O)NC(C)C(=O)N(CC)CC. The molecule has 0 bridgehead atoms. The summed E-state index contributed by atoms with van der Waals surface area (Å²) in [5.74, 6) is 0.0650. The van der Waals surface area contributed by atoms with Crippen molar-refractivity contribution in [2.45, 2.75) is 46.6 Å². The van der Waals surface area contributed by atoms with Gasteiger partial charge >= 0.3 is 0 Å². The number of nitrogens with one attached hydrogen (secondary N) is 1. The zero-order valence-corrected chi connectivity index (χ0v) is 12.0. The van der Waals surface area contributed by atoms with Crippen molar-refractivity contribution in [1.29, 1.82) is 0 Å². The van der Waals surface area contributed by atoms with Gasteiger partial charge in [-0.2, -0.15) is 0 Å². The van der Waals surface area contributed by atoms with Crippen molar-refractivity contribution in [1.82, 2.24) is 10.2 Å². The third-order valence-electron chi connectivity index (χ3n) is 3.21. The third-order valence-corrected chi connectivity index (χ3v) is 3.21. The predicted octanol–water partition coefficient (Wildman–Crippen LogP) is 0.735. The minimum atomic E-state index is -0.465. The van der Waals surface area contributed by atoms with Crippen molar-refractivity contribution in [2.24, 2.45) is 11.7 Å². The zero-order chi connectivity index (χ0) is 14.1. The summed E-state index contributed by atoms with van der Waals surface area (Å²) in [6, 6.07) is -0.465. The summed E-state index contributed by atoms with van der Waals surface area (Å²) >= 11 is 0. The van der Waals surface area contributed by atoms with E-state index in [9.17, 15) is 9.59 Å². The predicted molar refractivity (Wildman–Crippen MR) is 73.0 cm³/mol. The lowest BCUT2D eigenvalue weighted by Gasteiger charge is -2.24. The van der Waals surface area contributed by atoms with Crippen molar-refractivity contribution in [3.63, 3.8) is 0 Å². The van der Waals surface area contributed by atoms with Crippen LogP contribution in [-0.4, -0.2) is 42.4 Å². The Hall–Kier alpha value is -1.10. The highest BCUT2D eigenvalue weighted by molar-refractivity contribution is 5.87. The van der Waals surface area contributed by atoms with Gasteiger partial charge < -0.3 is 16.0 Å². The molecule has 0 radical (unpaired) electrons. The summed E-state index contributed by atoms with van der Waals surface area (Å²) in [7, 11) is 0. The Morgan fingerprint density at radius 2 is 1.78 bits per heavy atom. The number of carbonyl (C=O) groups is 2. The Kier molecular flexibility index (Phi) is 8.37. The van der Waals surface area contributed by atoms with Gasteiger partial charge in [0.05, 0.1) is 0 Å². The molecule has 0 aromatic rings. The lowest BCUT2D eigenvalue weighted by atomic mass is 10.0. The van der Waals surface area contributed by atoms with E-state index in [1.165, 1.54) is 0 Å². The fraction of sp³-hybridized carbons (Fsp3) is 0.846. The van der Waals surface area contributed by atoms with Gasteiger partial charge in [-0.15, -0.1) is 0 Å². The van der Waals surface area contributed by atoms with E-state index < -0.39 is 6.04 Å². The number of amides is 2. The molecule has 106 valence electrons. The molecule has 0 saturated heterocycles. The van der Waals surface area contributed by atoms with Crippen LogP contribution < -0.4 is 11.1 Å². The van der Waals surface area contributed by atoms with Gasteiger partial charge in [0.1, 0.15) is 6.04 Å². The number of likely N-dealkylation sites (N-methyl/N-ethyl adjacent to an activating group) is 1. The maximum absolute atomic E-state index is 12.0. The molecule has 2 amide bonds. The fourth-order valence-corrected chi connectivity index (χ4v) is 1.83. The average molecular weight is 257 g/mol. The van der Waals surface area contributed by atoms with E-state index in [4.69, 9.17) is 5.73 Å². The Morgan fingerprint density at radius 1 is 1.22 bits per heavy atom. The largest absolute Gasteiger partial charge is 0.345 e. The molecule has 0 aliphatic heterocycles. The Bertz CT molecular complexity index is 261. The molecule has 18 heavy (non-hydrogen) atoms. The van der Waals surface area contributed by atoms with Gasteiger partial charge in [-0.25, -0.2) is 0 Å². The van der Waals surface area contributed by atoms with Crippen LogP contribution >= 0.6 is 0 Å². The Balaban J connectivity index is 4.25. The van der Waals surface area contributed by atoms with Gasteiger partial charge in [-0.05, 0) is 33.2 Å². The van der Waals surface area contributed by atoms with Crippen LogP contribution in [0.3, 0.4) is 0 Å². The van der Waals surface area contributed by atoms with Crippen molar-refractivity contribution >= 4 is 11.8 Å². The van der Waals surface area contributed by atoms with Crippen molar-refractivity contribution < 1.29 is 9.59 Å². The molecule has 0 aromatic heterocycles. The van der Waals surface area contributed by atoms with Crippen LogP contribution in [-0.2, 0) is 9.59 Å². The molecule has 0 aliphatic rings. The van der Waals surface area contributed by atoms with Crippen LogP contribution in [0.1, 0.15) is 40.5 Å². The van der Waals surface area contributed by atoms with Gasteiger partial charge in [-0.3, -0.25) is 9.59 Å². The van der Waals surface area contributed by atoms with E-state index in [0.29, 0.717) is 26.1 Å². The average Bonchev–Trinajstić information content (AvgIpc) is 2.37. The van der Waals surface area contributed by atoms with E-state index >= 15 is 0 Å². The van der Waals surface area contributed by atoms with E-state index in [0.717, 1.165) is 6.42 Å². The van der Waals surface area contributed by atoms with Gasteiger partial charge in [-0.1, -0.05) is 13.3 Å². The number of carbonyl (C=O) groups excluding carboxylic acids is 2. The molecule has 0 rings (SSSR count). The number of nitrogens with zero attached hydrogens (tertiary/aromatic N) is 1. The highest BCUT2D eigenvalue weighted by Gasteiger charge is 2.20. The van der Waals surface area contributed by atoms with Crippen LogP contribution in [0.5, 0.6) is 0 Å². The van der Waals surface area contributed by atoms with Gasteiger partial charge in [0.15, 0.2) is 0 Å². The molecule has 0 aliphatic carbocycles. The molecule has 0 fully saturated rings. The lowest BCUT2D eigenvalue weighted by molar-refractivity contribution is -0.135. The summed E-state index contributed by atoms with van der Waals surface area (Å²) in [5.41, 5.74) is 5.56. The first-order valence-corrected chi connectivity index (χ1v) is 6.78. The summed E-state index contributed by atoms with van der Waals surface area (Å²) in [6.07, 6.45) is 1.27. The second-order valence-electron chi connectivity index (χ2n) is 4.51. The van der Waals surface area contributed by atoms with E-state index in [2.05, 4.69) is 5.32 Å². The summed E-state index contributed by atoms with van der Waals surface area (Å²) < 4.78 is 0. The maximum Gasteiger partial charge on any atom is 0.244 e. The minimum absolute atomic E-state index is 0.0332. The molecule has 2 atom stereocenters. The van der Waals surface area contributed by atoms with Crippen LogP contribution in [0.2, 0.25) is 0 Å². The molecule has 0 aromatic carbocycles. The van der Waals surface area contributed by atoms with Crippen LogP contribution in [0.4, 0.5) is 0 Å². The van der Waals surface area contributed by atoms with Crippen LogP contribution in [0, 0.1) is 5.92 Å². The second-order valence-corrected chi connectivity index (χ2v) is 4.51. The molecular weight excluding hydrogens is 230 g/mol. The molecule has 0 spiro atoms. The number of nitrogens with two attached hydrogens (primary N) is 1. The van der Waals surface area contributed by atoms with Crippen molar-refractivity contribution in [3.8, 4) is 0 Å². The number of hydrogen-bond donors (Lipinski definition) is 2. The van der Waals surface area contributed by atoms with E-state index in [-0.39, 0.29) is 17.7 Å². The smallest absolute Gasteiger partial charge is 0.244 e. The first kappa shape index (κ1) is 16.9. The highest BCUT2D eigenvalue weighted by atomic mass is 16.2. The topological polar surface area (TPSA) is 75.4 Å². The minimum Gasteiger partial charge on any atom is -0.345 e. The van der Waals surface area contributed by atoms with Gasteiger partial charge in [0, 0.05) is 19.5 Å². The van der Waals surface area contributed by atoms with E-state index in [1.807, 2.05) is 20.8 Å². The first-order chi connectivity index (χ1) is 8.49. The quantitative estimate of drug-likeness (QED) is 0.673. The van der Waals surface area contributed by atoms with Gasteiger partial charge in [0.2, 0.25) is 11.8 Å². The van der Waals surface area contributed by atoms with Crippen LogP contribution in [0.15, 0.2) is 0 Å². The zero-order valence-electron chi connectivity index (χ0n) is 12.0. The molecule has 0 saturated carbocycles.